The third-order valence-corrected chi connectivity index (χ3v) is 9.18. The number of carboxylic acids is 1. The summed E-state index contributed by atoms with van der Waals surface area (Å²) in [5, 5.41) is 19.5. The van der Waals surface area contributed by atoms with Gasteiger partial charge in [0, 0.05) is 16.8 Å². The SMILES string of the molecule is CCC(Sc1nnc(C(Sc2nc(-c3ccccc3)c(-c3ccccc3)[nH]2)C(C)C)n1-c1ccccc1)C(=O)O. The summed E-state index contributed by atoms with van der Waals surface area (Å²) in [6.45, 7) is 6.17. The number of para-hydroxylation sites is 1. The Labute approximate surface area is 242 Å². The van der Waals surface area contributed by atoms with Crippen LogP contribution in [-0.2, 0) is 4.79 Å². The summed E-state index contributed by atoms with van der Waals surface area (Å²) in [6.07, 6.45) is 0.482. The minimum atomic E-state index is -0.857. The number of carbonyl (C=O) groups is 1. The normalized spacial score (nSPS) is 12.9. The van der Waals surface area contributed by atoms with Crippen LogP contribution in [0.15, 0.2) is 101 Å². The standard InChI is InChI=1S/C31H31N5O2S2/c1-4-24(29(37)38)39-31-35-34-28(36(31)23-18-12-7-13-19-23)27(20(2)3)40-30-32-25(21-14-8-5-9-15-21)26(33-30)22-16-10-6-11-17-22/h5-20,24,27H,4H2,1-3H3,(H,32,33)(H,37,38). The second kappa shape index (κ2) is 12.6. The summed E-state index contributed by atoms with van der Waals surface area (Å²) in [7, 11) is 0. The van der Waals surface area contributed by atoms with E-state index in [1.165, 1.54) is 11.8 Å². The van der Waals surface area contributed by atoms with Crippen molar-refractivity contribution in [3.8, 4) is 28.2 Å². The zero-order valence-corrected chi connectivity index (χ0v) is 24.2. The molecule has 0 radical (unpaired) electrons. The number of thioether (sulfide) groups is 2. The number of rotatable bonds is 11. The molecule has 9 heteroatoms. The Morgan fingerprint density at radius 1 is 0.875 bits per heavy atom. The number of imidazole rings is 1. The van der Waals surface area contributed by atoms with Crippen molar-refractivity contribution in [2.45, 2.75) is 48.0 Å². The second-order valence-electron chi connectivity index (χ2n) is 9.64. The smallest absolute Gasteiger partial charge is 0.317 e. The Hall–Kier alpha value is -3.82. The van der Waals surface area contributed by atoms with Gasteiger partial charge in [-0.25, -0.2) is 4.98 Å². The van der Waals surface area contributed by atoms with Crippen molar-refractivity contribution >= 4 is 29.5 Å². The molecule has 0 fully saturated rings. The van der Waals surface area contributed by atoms with Crippen molar-refractivity contribution in [3.05, 3.63) is 96.8 Å². The van der Waals surface area contributed by atoms with Gasteiger partial charge in [0.05, 0.1) is 16.6 Å². The van der Waals surface area contributed by atoms with Crippen LogP contribution < -0.4 is 0 Å². The van der Waals surface area contributed by atoms with Gasteiger partial charge in [0.15, 0.2) is 16.1 Å². The van der Waals surface area contributed by atoms with Crippen LogP contribution in [0.25, 0.3) is 28.2 Å². The van der Waals surface area contributed by atoms with Gasteiger partial charge in [-0.2, -0.15) is 0 Å². The molecular formula is C31H31N5O2S2. The van der Waals surface area contributed by atoms with Gasteiger partial charge in [0.1, 0.15) is 5.25 Å². The fraction of sp³-hybridized carbons (Fsp3) is 0.226. The first-order chi connectivity index (χ1) is 19.5. The van der Waals surface area contributed by atoms with Crippen molar-refractivity contribution in [1.29, 1.82) is 0 Å². The first-order valence-electron chi connectivity index (χ1n) is 13.2. The number of aliphatic carboxylic acids is 1. The molecule has 0 aliphatic carbocycles. The molecule has 204 valence electrons. The highest BCUT2D eigenvalue weighted by Gasteiger charge is 2.30. The number of benzene rings is 3. The van der Waals surface area contributed by atoms with Crippen LogP contribution in [0.5, 0.6) is 0 Å². The Kier molecular flexibility index (Phi) is 8.72. The number of hydrogen-bond donors (Lipinski definition) is 2. The van der Waals surface area contributed by atoms with Gasteiger partial charge in [0.25, 0.3) is 0 Å². The molecule has 0 bridgehead atoms. The van der Waals surface area contributed by atoms with Gasteiger partial charge in [-0.15, -0.1) is 10.2 Å². The van der Waals surface area contributed by atoms with E-state index in [4.69, 9.17) is 4.98 Å². The predicted molar refractivity (Wildman–Crippen MR) is 162 cm³/mol. The molecule has 0 aliphatic rings. The number of carboxylic acid groups (broad SMARTS) is 1. The van der Waals surface area contributed by atoms with Gasteiger partial charge in [-0.3, -0.25) is 9.36 Å². The summed E-state index contributed by atoms with van der Waals surface area (Å²) in [5.74, 6) is 0.0817. The highest BCUT2D eigenvalue weighted by atomic mass is 32.2. The third kappa shape index (κ3) is 6.00. The summed E-state index contributed by atoms with van der Waals surface area (Å²) in [5.41, 5.74) is 4.85. The molecule has 2 aromatic heterocycles. The molecule has 0 saturated carbocycles. The number of aromatic amines is 1. The summed E-state index contributed by atoms with van der Waals surface area (Å²) in [6, 6.07) is 30.3. The molecule has 0 amide bonds. The number of nitrogens with one attached hydrogen (secondary N) is 1. The predicted octanol–water partition coefficient (Wildman–Crippen LogP) is 7.77. The van der Waals surface area contributed by atoms with E-state index in [-0.39, 0.29) is 11.2 Å². The monoisotopic (exact) mass is 569 g/mol. The zero-order valence-electron chi connectivity index (χ0n) is 22.6. The lowest BCUT2D eigenvalue weighted by Gasteiger charge is -2.20. The zero-order chi connectivity index (χ0) is 28.1. The van der Waals surface area contributed by atoms with E-state index in [0.717, 1.165) is 39.2 Å². The van der Waals surface area contributed by atoms with Crippen molar-refractivity contribution in [3.63, 3.8) is 0 Å². The topological polar surface area (TPSA) is 96.7 Å². The van der Waals surface area contributed by atoms with Crippen LogP contribution in [-0.4, -0.2) is 41.1 Å². The van der Waals surface area contributed by atoms with Gasteiger partial charge >= 0.3 is 5.97 Å². The van der Waals surface area contributed by atoms with E-state index in [9.17, 15) is 9.90 Å². The Morgan fingerprint density at radius 2 is 1.48 bits per heavy atom. The molecule has 0 spiro atoms. The van der Waals surface area contributed by atoms with Crippen LogP contribution in [0.4, 0.5) is 0 Å². The van der Waals surface area contributed by atoms with Gasteiger partial charge in [-0.05, 0) is 24.5 Å². The first kappa shape index (κ1) is 27.7. The molecule has 2 unspecified atom stereocenters. The van der Waals surface area contributed by atoms with Crippen LogP contribution >= 0.6 is 23.5 Å². The van der Waals surface area contributed by atoms with E-state index in [1.807, 2.05) is 78.2 Å². The van der Waals surface area contributed by atoms with E-state index in [0.29, 0.717) is 11.6 Å². The first-order valence-corrected chi connectivity index (χ1v) is 15.0. The minimum Gasteiger partial charge on any atom is -0.480 e. The molecule has 5 aromatic rings. The lowest BCUT2D eigenvalue weighted by molar-refractivity contribution is -0.136. The average molecular weight is 570 g/mol. The molecule has 0 saturated heterocycles. The lowest BCUT2D eigenvalue weighted by Crippen LogP contribution is -2.16. The fourth-order valence-electron chi connectivity index (χ4n) is 4.43. The van der Waals surface area contributed by atoms with Crippen molar-refractivity contribution in [1.82, 2.24) is 24.7 Å². The Morgan fingerprint density at radius 3 is 2.05 bits per heavy atom. The maximum absolute atomic E-state index is 11.8. The molecule has 2 atom stereocenters. The molecule has 2 N–H and O–H groups in total. The van der Waals surface area contributed by atoms with Crippen LogP contribution in [0.1, 0.15) is 38.3 Å². The third-order valence-electron chi connectivity index (χ3n) is 6.46. The molecule has 0 aliphatic heterocycles. The summed E-state index contributed by atoms with van der Waals surface area (Å²) < 4.78 is 1.99. The minimum absolute atomic E-state index is 0.106. The maximum atomic E-state index is 11.8. The van der Waals surface area contributed by atoms with Crippen molar-refractivity contribution < 1.29 is 9.90 Å². The summed E-state index contributed by atoms with van der Waals surface area (Å²) >= 11 is 2.84. The van der Waals surface area contributed by atoms with E-state index < -0.39 is 11.2 Å². The Bertz CT molecular complexity index is 1500. The average Bonchev–Trinajstić information content (AvgIpc) is 3.60. The fourth-order valence-corrected chi connectivity index (χ4v) is 6.42. The number of nitrogens with zero attached hydrogens (tertiary/aromatic N) is 4. The van der Waals surface area contributed by atoms with Gasteiger partial charge in [-0.1, -0.05) is 123 Å². The van der Waals surface area contributed by atoms with Crippen LogP contribution in [0, 0.1) is 5.92 Å². The molecule has 40 heavy (non-hydrogen) atoms. The van der Waals surface area contributed by atoms with E-state index in [2.05, 4.69) is 53.3 Å². The molecular weight excluding hydrogens is 539 g/mol. The molecule has 2 heterocycles. The number of hydrogen-bond acceptors (Lipinski definition) is 6. The van der Waals surface area contributed by atoms with E-state index >= 15 is 0 Å². The highest BCUT2D eigenvalue weighted by Crippen LogP contribution is 2.43. The number of H-pyrrole nitrogens is 1. The lowest BCUT2D eigenvalue weighted by atomic mass is 10.1. The van der Waals surface area contributed by atoms with Gasteiger partial charge in [0.2, 0.25) is 0 Å². The van der Waals surface area contributed by atoms with Crippen LogP contribution in [0.3, 0.4) is 0 Å². The van der Waals surface area contributed by atoms with Gasteiger partial charge < -0.3 is 10.1 Å². The molecule has 7 nitrogen and oxygen atoms in total. The quantitative estimate of drug-likeness (QED) is 0.157. The van der Waals surface area contributed by atoms with Crippen molar-refractivity contribution in [2.75, 3.05) is 0 Å². The van der Waals surface area contributed by atoms with Crippen molar-refractivity contribution in [2.24, 2.45) is 5.92 Å². The molecule has 3 aromatic carbocycles. The highest BCUT2D eigenvalue weighted by molar-refractivity contribution is 8.00. The Balaban J connectivity index is 1.58. The van der Waals surface area contributed by atoms with Crippen LogP contribution in [0.2, 0.25) is 0 Å². The largest absolute Gasteiger partial charge is 0.480 e. The molecule has 5 rings (SSSR count). The number of aromatic nitrogens is 5. The van der Waals surface area contributed by atoms with E-state index in [1.54, 1.807) is 11.8 Å². The second-order valence-corrected chi connectivity index (χ2v) is 11.9. The summed E-state index contributed by atoms with van der Waals surface area (Å²) in [4.78, 5) is 20.5. The maximum Gasteiger partial charge on any atom is 0.317 e.